The minimum atomic E-state index is -1.67. The van der Waals surface area contributed by atoms with Crippen molar-refractivity contribution in [3.63, 3.8) is 0 Å². The average Bonchev–Trinajstić information content (AvgIpc) is 3.29. The van der Waals surface area contributed by atoms with E-state index >= 15 is 0 Å². The van der Waals surface area contributed by atoms with Crippen molar-refractivity contribution < 1.29 is 58.2 Å². The fourth-order valence-corrected chi connectivity index (χ4v) is 7.29. The van der Waals surface area contributed by atoms with Crippen LogP contribution in [0.1, 0.15) is 79.2 Å². The van der Waals surface area contributed by atoms with Crippen LogP contribution in [0, 0.1) is 11.8 Å². The standard InChI is InChI=1S/C45H75N13O12/c1-23(2)20-32-41(66)53-28(12-16-46)37(62)52-30(14-18-48)40(65)58-36(25(5)60)44(69)49-19-15-31(54-43(68)34(22-59)57-45(70)35(24(3)4)50-26(6)61)39(64)51-29(13-17-47)38(63)56-33(42(67)55-32)21-27-10-8-7-9-11-27/h7-11,23-25,28-36,59-60H,12-22,46-48H2,1-6H3,(H,49,69)(H,50,61)(H,51,64)(H,52,62)(H,53,66)(H,54,68)(H,55,67)(H,56,63)(H,57,70)(H,58,65)/t25-,28+,29+,30+,31+,32+,33-,34-,35+,36+/m1/s1. The van der Waals surface area contributed by atoms with Gasteiger partial charge >= 0.3 is 0 Å². The Kier molecular flexibility index (Phi) is 25.9. The van der Waals surface area contributed by atoms with E-state index in [-0.39, 0.29) is 57.7 Å². The highest BCUT2D eigenvalue weighted by Gasteiger charge is 2.36. The van der Waals surface area contributed by atoms with Crippen molar-refractivity contribution in [2.75, 3.05) is 32.8 Å². The van der Waals surface area contributed by atoms with E-state index < -0.39 is 145 Å². The number of rotatable bonds is 18. The number of benzene rings is 1. The summed E-state index contributed by atoms with van der Waals surface area (Å²) in [5.41, 5.74) is 18.1. The maximum Gasteiger partial charge on any atom is 0.245 e. The number of hydrogen-bond donors (Lipinski definition) is 15. The minimum Gasteiger partial charge on any atom is -0.394 e. The monoisotopic (exact) mass is 990 g/mol. The molecule has 1 fully saturated rings. The fraction of sp³-hybridized carbons (Fsp3) is 0.644. The second-order valence-corrected chi connectivity index (χ2v) is 17.9. The van der Waals surface area contributed by atoms with Crippen molar-refractivity contribution in [3.05, 3.63) is 35.9 Å². The van der Waals surface area contributed by atoms with Crippen LogP contribution in [-0.2, 0) is 54.4 Å². The van der Waals surface area contributed by atoms with Crippen molar-refractivity contribution in [1.29, 1.82) is 0 Å². The van der Waals surface area contributed by atoms with E-state index in [2.05, 4.69) is 53.2 Å². The summed E-state index contributed by atoms with van der Waals surface area (Å²) in [6, 6.07) is -4.31. The minimum absolute atomic E-state index is 0.0644. The molecule has 10 atom stereocenters. The van der Waals surface area contributed by atoms with Gasteiger partial charge in [0.1, 0.15) is 54.4 Å². The molecule has 1 aromatic carbocycles. The summed E-state index contributed by atoms with van der Waals surface area (Å²) in [5, 5.41) is 46.0. The zero-order valence-corrected chi connectivity index (χ0v) is 40.8. The van der Waals surface area contributed by atoms with Crippen molar-refractivity contribution >= 4 is 59.1 Å². The zero-order valence-electron chi connectivity index (χ0n) is 40.8. The molecule has 0 bridgehead atoms. The maximum atomic E-state index is 14.3. The van der Waals surface area contributed by atoms with E-state index in [1.54, 1.807) is 58.0 Å². The van der Waals surface area contributed by atoms with Gasteiger partial charge < -0.3 is 80.6 Å². The van der Waals surface area contributed by atoms with Crippen LogP contribution < -0.4 is 70.4 Å². The molecule has 0 aromatic heterocycles. The predicted molar refractivity (Wildman–Crippen MR) is 255 cm³/mol. The zero-order chi connectivity index (χ0) is 52.7. The molecule has 0 unspecified atom stereocenters. The molecule has 0 spiro atoms. The first-order valence-corrected chi connectivity index (χ1v) is 23.5. The lowest BCUT2D eigenvalue weighted by molar-refractivity contribution is -0.136. The fourth-order valence-electron chi connectivity index (χ4n) is 7.29. The van der Waals surface area contributed by atoms with Gasteiger partial charge in [0.05, 0.1) is 12.7 Å². The van der Waals surface area contributed by atoms with Crippen LogP contribution in [0.15, 0.2) is 30.3 Å². The van der Waals surface area contributed by atoms with Gasteiger partial charge in [0.15, 0.2) is 0 Å². The molecular weight excluding hydrogens is 915 g/mol. The average molecular weight is 990 g/mol. The third-order valence-corrected chi connectivity index (χ3v) is 11.1. The first-order chi connectivity index (χ1) is 33.1. The van der Waals surface area contributed by atoms with Gasteiger partial charge in [-0.15, -0.1) is 0 Å². The Morgan fingerprint density at radius 1 is 0.643 bits per heavy atom. The number of aliphatic hydroxyl groups excluding tert-OH is 2. The Labute approximate surface area is 407 Å². The quantitative estimate of drug-likeness (QED) is 0.0652. The van der Waals surface area contributed by atoms with Crippen molar-refractivity contribution in [2.24, 2.45) is 29.0 Å². The van der Waals surface area contributed by atoms with Crippen molar-refractivity contribution in [1.82, 2.24) is 53.2 Å². The lowest BCUT2D eigenvalue weighted by Gasteiger charge is -2.28. The molecule has 1 saturated heterocycles. The van der Waals surface area contributed by atoms with Crippen LogP contribution in [0.5, 0.6) is 0 Å². The molecule has 25 heteroatoms. The Hall–Kier alpha value is -6.28. The van der Waals surface area contributed by atoms with Crippen LogP contribution in [0.3, 0.4) is 0 Å². The van der Waals surface area contributed by atoms with E-state index in [1.807, 2.05) is 0 Å². The van der Waals surface area contributed by atoms with Crippen LogP contribution in [0.2, 0.25) is 0 Å². The van der Waals surface area contributed by atoms with Crippen LogP contribution in [0.25, 0.3) is 0 Å². The highest BCUT2D eigenvalue weighted by molar-refractivity contribution is 5.98. The summed E-state index contributed by atoms with van der Waals surface area (Å²) in [6.45, 7) is 7.46. The highest BCUT2D eigenvalue weighted by Crippen LogP contribution is 2.11. The molecule has 1 aromatic rings. The smallest absolute Gasteiger partial charge is 0.245 e. The number of hydrogen-bond acceptors (Lipinski definition) is 15. The summed E-state index contributed by atoms with van der Waals surface area (Å²) < 4.78 is 0. The Morgan fingerprint density at radius 3 is 1.59 bits per heavy atom. The van der Waals surface area contributed by atoms with E-state index in [0.29, 0.717) is 5.56 Å². The topological polar surface area (TPSA) is 410 Å². The first kappa shape index (κ1) is 59.8. The van der Waals surface area contributed by atoms with Gasteiger partial charge in [-0.2, -0.15) is 0 Å². The normalized spacial score (nSPS) is 24.0. The second kappa shape index (κ2) is 30.4. The summed E-state index contributed by atoms with van der Waals surface area (Å²) in [4.78, 5) is 136. The van der Waals surface area contributed by atoms with E-state index in [9.17, 15) is 58.2 Å². The molecule has 1 aliphatic heterocycles. The molecule has 0 saturated carbocycles. The molecule has 10 amide bonds. The Balaban J connectivity index is 2.73. The molecule has 2 rings (SSSR count). The first-order valence-electron chi connectivity index (χ1n) is 23.5. The lowest BCUT2D eigenvalue weighted by atomic mass is 10.00. The number of nitrogens with two attached hydrogens (primary N) is 3. The van der Waals surface area contributed by atoms with Gasteiger partial charge in [0, 0.05) is 19.9 Å². The van der Waals surface area contributed by atoms with Gasteiger partial charge in [-0.1, -0.05) is 58.0 Å². The highest BCUT2D eigenvalue weighted by atomic mass is 16.3. The molecule has 0 radical (unpaired) electrons. The summed E-state index contributed by atoms with van der Waals surface area (Å²) in [6.07, 6.45) is -2.46. The van der Waals surface area contributed by atoms with E-state index in [0.717, 1.165) is 0 Å². The van der Waals surface area contributed by atoms with Gasteiger partial charge in [-0.3, -0.25) is 47.9 Å². The Bertz CT molecular complexity index is 1940. The van der Waals surface area contributed by atoms with Crippen molar-refractivity contribution in [3.8, 4) is 0 Å². The third-order valence-electron chi connectivity index (χ3n) is 11.1. The largest absolute Gasteiger partial charge is 0.394 e. The number of carbonyl (C=O) groups excluding carboxylic acids is 10. The molecule has 25 nitrogen and oxygen atoms in total. The lowest BCUT2D eigenvalue weighted by Crippen LogP contribution is -2.61. The van der Waals surface area contributed by atoms with Gasteiger partial charge in [0.2, 0.25) is 59.1 Å². The number of aliphatic hydroxyl groups is 2. The molecule has 1 heterocycles. The number of carbonyl (C=O) groups is 10. The van der Waals surface area contributed by atoms with Crippen molar-refractivity contribution in [2.45, 2.75) is 141 Å². The van der Waals surface area contributed by atoms with Gasteiger partial charge in [-0.05, 0) is 76.1 Å². The summed E-state index contributed by atoms with van der Waals surface area (Å²) in [5.74, 6) is -9.34. The Morgan fingerprint density at radius 2 is 1.11 bits per heavy atom. The van der Waals surface area contributed by atoms with E-state index in [4.69, 9.17) is 17.2 Å². The maximum absolute atomic E-state index is 14.3. The molecule has 392 valence electrons. The summed E-state index contributed by atoms with van der Waals surface area (Å²) >= 11 is 0. The molecular formula is C45H75N13O12. The third kappa shape index (κ3) is 20.0. The molecule has 1 aliphatic rings. The van der Waals surface area contributed by atoms with E-state index in [1.165, 1.54) is 13.8 Å². The summed E-state index contributed by atoms with van der Waals surface area (Å²) in [7, 11) is 0. The molecule has 0 aliphatic carbocycles. The van der Waals surface area contributed by atoms with Crippen LogP contribution >= 0.6 is 0 Å². The predicted octanol–water partition coefficient (Wildman–Crippen LogP) is -5.75. The molecule has 18 N–H and O–H groups in total. The van der Waals surface area contributed by atoms with Crippen LogP contribution in [0.4, 0.5) is 0 Å². The molecule has 70 heavy (non-hydrogen) atoms. The van der Waals surface area contributed by atoms with Gasteiger partial charge in [-0.25, -0.2) is 0 Å². The second-order valence-electron chi connectivity index (χ2n) is 17.9. The SMILES string of the molecule is CC(=O)N[C@H](C(=O)N[C@H](CO)C(=O)N[C@H]1CCNC(=O)[C@H]([C@@H](C)O)NC(=O)[C@H](CCN)NC(=O)[C@H](CCN)NC(=O)[C@H](CC(C)C)NC(=O)[C@@H](Cc2ccccc2)NC(=O)[C@H](CCN)NC1=O)C(C)C. The number of amides is 10. The van der Waals surface area contributed by atoms with Gasteiger partial charge in [0.25, 0.3) is 0 Å². The number of nitrogens with one attached hydrogen (secondary N) is 10. The van der Waals surface area contributed by atoms with Crippen LogP contribution in [-0.4, -0.2) is 163 Å².